The summed E-state index contributed by atoms with van der Waals surface area (Å²) in [6.45, 7) is 0.645. The molecule has 3 heterocycles. The molecule has 0 unspecified atom stereocenters. The van der Waals surface area contributed by atoms with Crippen LogP contribution in [0.4, 0.5) is 0 Å². The van der Waals surface area contributed by atoms with Gasteiger partial charge in [0.15, 0.2) is 5.78 Å². The number of aromatic amines is 1. The van der Waals surface area contributed by atoms with Gasteiger partial charge in [0, 0.05) is 54.5 Å². The Morgan fingerprint density at radius 3 is 3.00 bits per heavy atom. The molecule has 1 saturated carbocycles. The molecule has 7 heteroatoms. The summed E-state index contributed by atoms with van der Waals surface area (Å²) in [5.41, 5.74) is 3.90. The number of carbonyl (C=O) groups is 1. The van der Waals surface area contributed by atoms with Crippen LogP contribution in [0.3, 0.4) is 0 Å². The van der Waals surface area contributed by atoms with Gasteiger partial charge in [-0.2, -0.15) is 0 Å². The third kappa shape index (κ3) is 4.36. The van der Waals surface area contributed by atoms with Crippen LogP contribution in [-0.2, 0) is 6.54 Å². The molecule has 0 amide bonds. The molecule has 0 spiro atoms. The average molecular weight is 397 g/mol. The van der Waals surface area contributed by atoms with Crippen LogP contribution in [0.2, 0.25) is 0 Å². The van der Waals surface area contributed by atoms with Crippen LogP contribution >= 0.6 is 24.0 Å². The number of nitrogens with zero attached hydrogens (tertiary/aromatic N) is 2. The smallest absolute Gasteiger partial charge is 0.165 e. The molecule has 3 aromatic rings. The lowest BCUT2D eigenvalue weighted by Crippen LogP contribution is -2.18. The fourth-order valence-corrected chi connectivity index (χ4v) is 4.10. The van der Waals surface area contributed by atoms with E-state index in [1.165, 1.54) is 30.2 Å². The number of aromatic nitrogens is 3. The van der Waals surface area contributed by atoms with Crippen molar-refractivity contribution in [1.82, 2.24) is 20.3 Å². The molecule has 0 saturated heterocycles. The number of pyridine rings is 2. The van der Waals surface area contributed by atoms with Crippen molar-refractivity contribution < 1.29 is 4.79 Å². The molecule has 3 aromatic heterocycles. The minimum atomic E-state index is 0.138. The van der Waals surface area contributed by atoms with Gasteiger partial charge >= 0.3 is 0 Å². The molecule has 0 radical (unpaired) electrons. The van der Waals surface area contributed by atoms with E-state index in [2.05, 4.69) is 26.3 Å². The lowest BCUT2D eigenvalue weighted by Gasteiger charge is -2.07. The maximum Gasteiger partial charge on any atom is 0.165 e. The van der Waals surface area contributed by atoms with Crippen molar-refractivity contribution in [3.05, 3.63) is 59.7 Å². The highest BCUT2D eigenvalue weighted by Crippen LogP contribution is 2.43. The third-order valence-electron chi connectivity index (χ3n) is 4.65. The predicted octanol–water partition coefficient (Wildman–Crippen LogP) is 4.22. The fraction of sp³-hybridized carbons (Fsp3) is 0.300. The Hall–Kier alpha value is -2.25. The second-order valence-electron chi connectivity index (χ2n) is 6.62. The van der Waals surface area contributed by atoms with Crippen molar-refractivity contribution in [2.75, 3.05) is 5.75 Å². The molecule has 1 aliphatic carbocycles. The zero-order chi connectivity index (χ0) is 18.6. The van der Waals surface area contributed by atoms with Crippen LogP contribution < -0.4 is 5.32 Å². The molecule has 0 bridgehead atoms. The molecule has 1 aliphatic rings. The number of H-pyrrole nitrogens is 1. The topological polar surface area (TPSA) is 70.7 Å². The first kappa shape index (κ1) is 18.1. The first-order valence-electron chi connectivity index (χ1n) is 9.01. The Morgan fingerprint density at radius 2 is 2.22 bits per heavy atom. The number of thiocarbonyl (C=S) groups is 1. The first-order valence-corrected chi connectivity index (χ1v) is 10.4. The summed E-state index contributed by atoms with van der Waals surface area (Å²) in [7, 11) is 0. The lowest BCUT2D eigenvalue weighted by molar-refractivity contribution is 0.0991. The quantitative estimate of drug-likeness (QED) is 0.460. The van der Waals surface area contributed by atoms with E-state index >= 15 is 0 Å². The van der Waals surface area contributed by atoms with E-state index in [0.717, 1.165) is 22.2 Å². The van der Waals surface area contributed by atoms with Gasteiger partial charge in [0.25, 0.3) is 0 Å². The molecule has 2 N–H and O–H groups in total. The zero-order valence-corrected chi connectivity index (χ0v) is 16.4. The van der Waals surface area contributed by atoms with Crippen LogP contribution in [0, 0.1) is 0 Å². The summed E-state index contributed by atoms with van der Waals surface area (Å²) < 4.78 is 0.700. The highest BCUT2D eigenvalue weighted by molar-refractivity contribution is 8.22. The largest absolute Gasteiger partial charge is 0.367 e. The number of rotatable bonds is 7. The van der Waals surface area contributed by atoms with E-state index in [0.29, 0.717) is 29.0 Å². The van der Waals surface area contributed by atoms with Gasteiger partial charge in [0.05, 0.1) is 0 Å². The summed E-state index contributed by atoms with van der Waals surface area (Å²) in [6, 6.07) is 5.95. The average Bonchev–Trinajstić information content (AvgIpc) is 3.45. The molecular weight excluding hydrogens is 376 g/mol. The van der Waals surface area contributed by atoms with Gasteiger partial charge in [0.2, 0.25) is 0 Å². The number of ketones is 1. The van der Waals surface area contributed by atoms with E-state index in [-0.39, 0.29) is 5.78 Å². The Bertz CT molecular complexity index is 967. The first-order chi connectivity index (χ1) is 13.2. The van der Waals surface area contributed by atoms with Crippen molar-refractivity contribution >= 4 is 45.1 Å². The van der Waals surface area contributed by atoms with Gasteiger partial charge in [0.1, 0.15) is 9.97 Å². The Labute approximate surface area is 167 Å². The van der Waals surface area contributed by atoms with Crippen molar-refractivity contribution in [3.8, 4) is 0 Å². The number of hydrogen-bond donors (Lipinski definition) is 2. The van der Waals surface area contributed by atoms with Crippen molar-refractivity contribution in [3.63, 3.8) is 0 Å². The number of hydrogen-bond acceptors (Lipinski definition) is 5. The second-order valence-corrected chi connectivity index (χ2v) is 8.40. The summed E-state index contributed by atoms with van der Waals surface area (Å²) in [6.07, 6.45) is 10.0. The SMILES string of the molecule is O=C(CCSC(=S)NCc1cccnc1)c1c[nH]c2nccc(C3CC3)c12. The second kappa shape index (κ2) is 8.19. The molecule has 27 heavy (non-hydrogen) atoms. The van der Waals surface area contributed by atoms with Gasteiger partial charge in [-0.15, -0.1) is 0 Å². The summed E-state index contributed by atoms with van der Waals surface area (Å²) >= 11 is 6.85. The van der Waals surface area contributed by atoms with Gasteiger partial charge in [-0.3, -0.25) is 9.78 Å². The minimum Gasteiger partial charge on any atom is -0.367 e. The van der Waals surface area contributed by atoms with Gasteiger partial charge in [-0.25, -0.2) is 4.98 Å². The number of carbonyl (C=O) groups excluding carboxylic acids is 1. The molecule has 4 rings (SSSR count). The normalized spacial score (nSPS) is 13.6. The highest BCUT2D eigenvalue weighted by Gasteiger charge is 2.28. The minimum absolute atomic E-state index is 0.138. The van der Waals surface area contributed by atoms with Gasteiger partial charge in [-0.1, -0.05) is 30.0 Å². The molecule has 0 atom stereocenters. The van der Waals surface area contributed by atoms with Crippen LogP contribution in [0.25, 0.3) is 11.0 Å². The third-order valence-corrected chi connectivity index (χ3v) is 5.96. The number of thioether (sulfide) groups is 1. The molecule has 0 aromatic carbocycles. The fourth-order valence-electron chi connectivity index (χ4n) is 3.14. The maximum atomic E-state index is 12.7. The van der Waals surface area contributed by atoms with Crippen LogP contribution in [0.15, 0.2) is 43.0 Å². The molecule has 138 valence electrons. The van der Waals surface area contributed by atoms with Crippen molar-refractivity contribution in [2.24, 2.45) is 0 Å². The molecular formula is C20H20N4OS2. The number of Topliss-reactive ketones (excluding diaryl/α,β-unsaturated/α-hetero) is 1. The van der Waals surface area contributed by atoms with Crippen LogP contribution in [-0.4, -0.2) is 30.8 Å². The Morgan fingerprint density at radius 1 is 1.33 bits per heavy atom. The predicted molar refractivity (Wildman–Crippen MR) is 113 cm³/mol. The van der Waals surface area contributed by atoms with E-state index in [4.69, 9.17) is 12.2 Å². The number of nitrogens with one attached hydrogen (secondary N) is 2. The molecule has 0 aliphatic heterocycles. The maximum absolute atomic E-state index is 12.7. The van der Waals surface area contributed by atoms with Crippen molar-refractivity contribution in [1.29, 1.82) is 0 Å². The molecule has 1 fully saturated rings. The van der Waals surface area contributed by atoms with E-state index in [9.17, 15) is 4.79 Å². The molecule has 5 nitrogen and oxygen atoms in total. The van der Waals surface area contributed by atoms with Gasteiger partial charge in [-0.05, 0) is 42.0 Å². The van der Waals surface area contributed by atoms with Crippen LogP contribution in [0.5, 0.6) is 0 Å². The lowest BCUT2D eigenvalue weighted by atomic mass is 10.0. The number of fused-ring (bicyclic) bond motifs is 1. The summed E-state index contributed by atoms with van der Waals surface area (Å²) in [5.74, 6) is 1.37. The summed E-state index contributed by atoms with van der Waals surface area (Å²) in [4.78, 5) is 24.3. The monoisotopic (exact) mass is 396 g/mol. The van der Waals surface area contributed by atoms with E-state index < -0.39 is 0 Å². The van der Waals surface area contributed by atoms with E-state index in [1.807, 2.05) is 24.5 Å². The standard InChI is InChI=1S/C20H20N4OS2/c25-17(6-9-27-20(26)24-11-13-2-1-7-21-10-13)16-12-23-19-18(16)15(5-8-22-19)14-3-4-14/h1-2,5,7-8,10,12,14H,3-4,6,9,11H2,(H,22,23)(H,24,26). The zero-order valence-electron chi connectivity index (χ0n) is 14.8. The van der Waals surface area contributed by atoms with E-state index in [1.54, 1.807) is 12.4 Å². The van der Waals surface area contributed by atoms with Crippen molar-refractivity contribution in [2.45, 2.75) is 31.7 Å². The Kier molecular flexibility index (Phi) is 5.50. The van der Waals surface area contributed by atoms with Crippen LogP contribution in [0.1, 0.15) is 46.7 Å². The summed E-state index contributed by atoms with van der Waals surface area (Å²) in [5, 5.41) is 4.20. The van der Waals surface area contributed by atoms with Gasteiger partial charge < -0.3 is 10.3 Å². The highest BCUT2D eigenvalue weighted by atomic mass is 32.2. The Balaban J connectivity index is 1.32.